The smallest absolute Gasteiger partial charge is 0.0573 e. The SMILES string of the molecule is CCCn1cccc1CNCc1ncccc1CC. The van der Waals surface area contributed by atoms with E-state index in [4.69, 9.17) is 0 Å². The van der Waals surface area contributed by atoms with Crippen molar-refractivity contribution in [2.45, 2.75) is 46.3 Å². The van der Waals surface area contributed by atoms with Gasteiger partial charge in [0.05, 0.1) is 5.69 Å². The van der Waals surface area contributed by atoms with Crippen molar-refractivity contribution in [1.82, 2.24) is 14.9 Å². The molecule has 0 atom stereocenters. The number of hydrogen-bond donors (Lipinski definition) is 1. The topological polar surface area (TPSA) is 29.9 Å². The fourth-order valence-electron chi connectivity index (χ4n) is 2.33. The van der Waals surface area contributed by atoms with Gasteiger partial charge in [-0.15, -0.1) is 0 Å². The molecule has 0 spiro atoms. The van der Waals surface area contributed by atoms with Crippen LogP contribution < -0.4 is 5.32 Å². The molecule has 0 aliphatic rings. The first kappa shape index (κ1) is 13.8. The Morgan fingerprint density at radius 3 is 2.84 bits per heavy atom. The molecule has 0 fully saturated rings. The van der Waals surface area contributed by atoms with Gasteiger partial charge in [-0.25, -0.2) is 0 Å². The molecule has 2 heterocycles. The first-order chi connectivity index (χ1) is 9.35. The average molecular weight is 257 g/mol. The van der Waals surface area contributed by atoms with Crippen molar-refractivity contribution in [1.29, 1.82) is 0 Å². The summed E-state index contributed by atoms with van der Waals surface area (Å²) < 4.78 is 2.31. The van der Waals surface area contributed by atoms with Crippen LogP contribution in [0.4, 0.5) is 0 Å². The van der Waals surface area contributed by atoms with E-state index < -0.39 is 0 Å². The molecule has 102 valence electrons. The Kier molecular flexibility index (Phi) is 5.16. The Labute approximate surface area is 115 Å². The Hall–Kier alpha value is -1.61. The second-order valence-electron chi connectivity index (χ2n) is 4.76. The highest BCUT2D eigenvalue weighted by Crippen LogP contribution is 2.07. The van der Waals surface area contributed by atoms with E-state index in [0.717, 1.165) is 26.1 Å². The highest BCUT2D eigenvalue weighted by Gasteiger charge is 2.03. The van der Waals surface area contributed by atoms with Gasteiger partial charge in [0.15, 0.2) is 0 Å². The first-order valence-electron chi connectivity index (χ1n) is 7.12. The average Bonchev–Trinajstić information content (AvgIpc) is 2.87. The molecular weight excluding hydrogens is 234 g/mol. The Morgan fingerprint density at radius 2 is 2.05 bits per heavy atom. The summed E-state index contributed by atoms with van der Waals surface area (Å²) in [7, 11) is 0. The lowest BCUT2D eigenvalue weighted by Gasteiger charge is -2.10. The third kappa shape index (κ3) is 3.67. The molecule has 2 rings (SSSR count). The van der Waals surface area contributed by atoms with Crippen molar-refractivity contribution in [3.05, 3.63) is 53.6 Å². The second kappa shape index (κ2) is 7.10. The van der Waals surface area contributed by atoms with E-state index >= 15 is 0 Å². The van der Waals surface area contributed by atoms with E-state index in [1.165, 1.54) is 23.4 Å². The molecule has 3 heteroatoms. The number of aromatic nitrogens is 2. The Morgan fingerprint density at radius 1 is 1.16 bits per heavy atom. The van der Waals surface area contributed by atoms with Crippen LogP contribution in [-0.2, 0) is 26.1 Å². The van der Waals surface area contributed by atoms with E-state index in [2.05, 4.69) is 53.1 Å². The van der Waals surface area contributed by atoms with Crippen molar-refractivity contribution in [2.24, 2.45) is 0 Å². The van der Waals surface area contributed by atoms with Crippen LogP contribution in [0.1, 0.15) is 37.2 Å². The van der Waals surface area contributed by atoms with Crippen molar-refractivity contribution in [2.75, 3.05) is 0 Å². The molecule has 3 nitrogen and oxygen atoms in total. The summed E-state index contributed by atoms with van der Waals surface area (Å²) in [4.78, 5) is 4.46. The summed E-state index contributed by atoms with van der Waals surface area (Å²) in [5.41, 5.74) is 3.84. The number of aryl methyl sites for hydroxylation is 2. The van der Waals surface area contributed by atoms with Gasteiger partial charge in [-0.3, -0.25) is 4.98 Å². The van der Waals surface area contributed by atoms with E-state index in [9.17, 15) is 0 Å². The Bertz CT molecular complexity index is 502. The second-order valence-corrected chi connectivity index (χ2v) is 4.76. The molecular formula is C16H23N3. The number of nitrogens with zero attached hydrogens (tertiary/aromatic N) is 2. The molecule has 0 radical (unpaired) electrons. The molecule has 0 unspecified atom stereocenters. The van der Waals surface area contributed by atoms with Gasteiger partial charge in [0.2, 0.25) is 0 Å². The monoisotopic (exact) mass is 257 g/mol. The van der Waals surface area contributed by atoms with Gasteiger partial charge >= 0.3 is 0 Å². The van der Waals surface area contributed by atoms with Gasteiger partial charge in [0.1, 0.15) is 0 Å². The zero-order valence-electron chi connectivity index (χ0n) is 11.9. The van der Waals surface area contributed by atoms with Crippen LogP contribution in [0.15, 0.2) is 36.7 Å². The van der Waals surface area contributed by atoms with Crippen LogP contribution in [0, 0.1) is 0 Å². The van der Waals surface area contributed by atoms with Gasteiger partial charge in [-0.05, 0) is 36.6 Å². The summed E-state index contributed by atoms with van der Waals surface area (Å²) in [5, 5.41) is 3.49. The molecule has 2 aromatic heterocycles. The lowest BCUT2D eigenvalue weighted by Crippen LogP contribution is -2.17. The molecule has 2 aromatic rings. The fourth-order valence-corrected chi connectivity index (χ4v) is 2.33. The predicted molar refractivity (Wildman–Crippen MR) is 78.9 cm³/mol. The van der Waals surface area contributed by atoms with E-state index in [0.29, 0.717) is 0 Å². The molecule has 19 heavy (non-hydrogen) atoms. The third-order valence-electron chi connectivity index (χ3n) is 3.35. The van der Waals surface area contributed by atoms with Crippen LogP contribution in [0.25, 0.3) is 0 Å². The summed E-state index contributed by atoms with van der Waals surface area (Å²) >= 11 is 0. The normalized spacial score (nSPS) is 10.8. The number of nitrogens with one attached hydrogen (secondary N) is 1. The van der Waals surface area contributed by atoms with E-state index in [1.807, 2.05) is 12.3 Å². The standard InChI is InChI=1S/C16H23N3/c1-3-10-19-11-6-8-15(19)12-17-13-16-14(4-2)7-5-9-18-16/h5-9,11,17H,3-4,10,12-13H2,1-2H3. The highest BCUT2D eigenvalue weighted by atomic mass is 15.0. The molecule has 0 bridgehead atoms. The molecule has 0 aliphatic heterocycles. The molecule has 0 amide bonds. The van der Waals surface area contributed by atoms with Crippen molar-refractivity contribution in [3.8, 4) is 0 Å². The maximum absolute atomic E-state index is 4.46. The van der Waals surface area contributed by atoms with Gasteiger partial charge in [0, 0.05) is 37.7 Å². The number of pyridine rings is 1. The van der Waals surface area contributed by atoms with E-state index in [-0.39, 0.29) is 0 Å². The predicted octanol–water partition coefficient (Wildman–Crippen LogP) is 3.15. The zero-order valence-corrected chi connectivity index (χ0v) is 11.9. The summed E-state index contributed by atoms with van der Waals surface area (Å²) in [5.74, 6) is 0. The van der Waals surface area contributed by atoms with Crippen LogP contribution in [-0.4, -0.2) is 9.55 Å². The molecule has 0 aromatic carbocycles. The van der Waals surface area contributed by atoms with Gasteiger partial charge in [-0.1, -0.05) is 19.9 Å². The van der Waals surface area contributed by atoms with Gasteiger partial charge in [-0.2, -0.15) is 0 Å². The van der Waals surface area contributed by atoms with Gasteiger partial charge < -0.3 is 9.88 Å². The van der Waals surface area contributed by atoms with Crippen LogP contribution in [0.5, 0.6) is 0 Å². The first-order valence-corrected chi connectivity index (χ1v) is 7.12. The minimum atomic E-state index is 0.835. The molecule has 1 N–H and O–H groups in total. The van der Waals surface area contributed by atoms with Crippen LogP contribution in [0.3, 0.4) is 0 Å². The summed E-state index contributed by atoms with van der Waals surface area (Å²) in [6.45, 7) is 7.20. The van der Waals surface area contributed by atoms with Crippen LogP contribution in [0.2, 0.25) is 0 Å². The summed E-state index contributed by atoms with van der Waals surface area (Å²) in [6.07, 6.45) is 6.23. The maximum atomic E-state index is 4.46. The van der Waals surface area contributed by atoms with Crippen molar-refractivity contribution >= 4 is 0 Å². The Balaban J connectivity index is 1.91. The fraction of sp³-hybridized carbons (Fsp3) is 0.438. The van der Waals surface area contributed by atoms with Crippen LogP contribution >= 0.6 is 0 Å². The van der Waals surface area contributed by atoms with Crippen molar-refractivity contribution in [3.63, 3.8) is 0 Å². The molecule has 0 aliphatic carbocycles. The number of hydrogen-bond acceptors (Lipinski definition) is 2. The molecule has 0 saturated heterocycles. The largest absolute Gasteiger partial charge is 0.350 e. The quantitative estimate of drug-likeness (QED) is 0.826. The zero-order chi connectivity index (χ0) is 13.5. The minimum Gasteiger partial charge on any atom is -0.350 e. The summed E-state index contributed by atoms with van der Waals surface area (Å²) in [6, 6.07) is 8.46. The lowest BCUT2D eigenvalue weighted by molar-refractivity contribution is 0.596. The van der Waals surface area contributed by atoms with Crippen molar-refractivity contribution < 1.29 is 0 Å². The maximum Gasteiger partial charge on any atom is 0.0573 e. The minimum absolute atomic E-state index is 0.835. The highest BCUT2D eigenvalue weighted by molar-refractivity contribution is 5.19. The number of rotatable bonds is 7. The van der Waals surface area contributed by atoms with Gasteiger partial charge in [0.25, 0.3) is 0 Å². The lowest BCUT2D eigenvalue weighted by atomic mass is 10.1. The van der Waals surface area contributed by atoms with E-state index in [1.54, 1.807) is 0 Å². The third-order valence-corrected chi connectivity index (χ3v) is 3.35. The molecule has 0 saturated carbocycles.